The van der Waals surface area contributed by atoms with Gasteiger partial charge in [-0.05, 0) is 75.6 Å². The highest BCUT2D eigenvalue weighted by Crippen LogP contribution is 2.31. The van der Waals surface area contributed by atoms with Gasteiger partial charge < -0.3 is 14.8 Å². The fourth-order valence-electron chi connectivity index (χ4n) is 3.88. The van der Waals surface area contributed by atoms with E-state index in [-0.39, 0.29) is 23.4 Å². The van der Waals surface area contributed by atoms with E-state index in [0.717, 1.165) is 5.56 Å². The summed E-state index contributed by atoms with van der Waals surface area (Å²) in [5.74, 6) is 0.718. The molecule has 1 N–H and O–H groups in total. The van der Waals surface area contributed by atoms with Crippen LogP contribution in [-0.2, 0) is 14.8 Å². The Labute approximate surface area is 201 Å². The summed E-state index contributed by atoms with van der Waals surface area (Å²) in [6, 6.07) is 11.4. The Bertz CT molecular complexity index is 1060. The van der Waals surface area contributed by atoms with Gasteiger partial charge in [-0.25, -0.2) is 8.42 Å². The normalized spacial score (nSPS) is 17.9. The maximum atomic E-state index is 13.0. The van der Waals surface area contributed by atoms with E-state index in [0.29, 0.717) is 49.1 Å². The summed E-state index contributed by atoms with van der Waals surface area (Å²) in [4.78, 5) is 13.2. The van der Waals surface area contributed by atoms with E-state index in [4.69, 9.17) is 21.1 Å². The molecule has 1 aliphatic rings. The first-order valence-electron chi connectivity index (χ1n) is 11.2. The van der Waals surface area contributed by atoms with Crippen molar-refractivity contribution in [2.45, 2.75) is 44.6 Å². The number of hydrogen-bond acceptors (Lipinski definition) is 5. The van der Waals surface area contributed by atoms with Crippen LogP contribution in [0, 0.1) is 5.92 Å². The second-order valence-corrected chi connectivity index (χ2v) is 10.3. The summed E-state index contributed by atoms with van der Waals surface area (Å²) in [5.41, 5.74) is 0.886. The maximum absolute atomic E-state index is 13.0. The van der Waals surface area contributed by atoms with Gasteiger partial charge in [-0.1, -0.05) is 17.7 Å². The summed E-state index contributed by atoms with van der Waals surface area (Å²) in [5, 5.41) is 3.50. The Hall–Kier alpha value is -2.29. The van der Waals surface area contributed by atoms with Crippen LogP contribution in [0.4, 0.5) is 0 Å². The van der Waals surface area contributed by atoms with Gasteiger partial charge in [-0.15, -0.1) is 0 Å². The second-order valence-electron chi connectivity index (χ2n) is 7.96. The van der Waals surface area contributed by atoms with Crippen LogP contribution < -0.4 is 14.8 Å². The lowest BCUT2D eigenvalue weighted by Crippen LogP contribution is -2.45. The van der Waals surface area contributed by atoms with E-state index >= 15 is 0 Å². The van der Waals surface area contributed by atoms with Crippen LogP contribution in [0.25, 0.3) is 0 Å². The zero-order valence-corrected chi connectivity index (χ0v) is 20.8. The van der Waals surface area contributed by atoms with Gasteiger partial charge in [0.05, 0.1) is 30.1 Å². The number of rotatable bonds is 9. The summed E-state index contributed by atoms with van der Waals surface area (Å²) in [6.07, 6.45) is 1.26. The molecular weight excluding hydrogens is 464 g/mol. The highest BCUT2D eigenvalue weighted by Gasteiger charge is 2.33. The third-order valence-corrected chi connectivity index (χ3v) is 7.76. The molecule has 1 heterocycles. The zero-order chi connectivity index (χ0) is 24.0. The topological polar surface area (TPSA) is 84.9 Å². The molecule has 1 saturated heterocycles. The first-order valence-corrected chi connectivity index (χ1v) is 13.0. The third kappa shape index (κ3) is 6.19. The number of benzene rings is 2. The van der Waals surface area contributed by atoms with Crippen molar-refractivity contribution < 1.29 is 22.7 Å². The van der Waals surface area contributed by atoms with Gasteiger partial charge in [0.15, 0.2) is 11.5 Å². The number of piperidine rings is 1. The fraction of sp³-hybridized carbons (Fsp3) is 0.458. The van der Waals surface area contributed by atoms with Crippen LogP contribution >= 0.6 is 11.6 Å². The Morgan fingerprint density at radius 1 is 1.12 bits per heavy atom. The molecule has 1 aliphatic heterocycles. The molecule has 0 saturated carbocycles. The third-order valence-electron chi connectivity index (χ3n) is 5.63. The average Bonchev–Trinajstić information content (AvgIpc) is 2.81. The van der Waals surface area contributed by atoms with E-state index in [2.05, 4.69) is 5.32 Å². The van der Waals surface area contributed by atoms with E-state index < -0.39 is 15.9 Å². The smallest absolute Gasteiger partial charge is 0.243 e. The van der Waals surface area contributed by atoms with Crippen LogP contribution in [0.1, 0.15) is 45.2 Å². The lowest BCUT2D eigenvalue weighted by molar-refractivity contribution is -0.126. The number of sulfonamides is 1. The largest absolute Gasteiger partial charge is 0.490 e. The quantitative estimate of drug-likeness (QED) is 0.558. The van der Waals surface area contributed by atoms with E-state index in [1.54, 1.807) is 12.1 Å². The van der Waals surface area contributed by atoms with E-state index in [1.165, 1.54) is 16.4 Å². The molecule has 3 rings (SSSR count). The lowest BCUT2D eigenvalue weighted by atomic mass is 9.98. The molecule has 180 valence electrons. The number of hydrogen-bond donors (Lipinski definition) is 1. The Kier molecular flexibility index (Phi) is 8.62. The van der Waals surface area contributed by atoms with Crippen molar-refractivity contribution >= 4 is 27.5 Å². The SMILES string of the molecule is CCOc1ccc([C@@H](C)NC(=O)[C@H]2CCCN(S(=O)(=O)c3ccc(Cl)cc3)C2)cc1OCC. The number of ether oxygens (including phenoxy) is 2. The lowest BCUT2D eigenvalue weighted by Gasteiger charge is -2.32. The number of carbonyl (C=O) groups excluding carboxylic acids is 1. The molecular formula is C24H31ClN2O5S. The van der Waals surface area contributed by atoms with Crippen molar-refractivity contribution in [2.75, 3.05) is 26.3 Å². The zero-order valence-electron chi connectivity index (χ0n) is 19.2. The van der Waals surface area contributed by atoms with Crippen molar-refractivity contribution in [1.82, 2.24) is 9.62 Å². The van der Waals surface area contributed by atoms with Gasteiger partial charge in [0.25, 0.3) is 0 Å². The predicted octanol–water partition coefficient (Wildman–Crippen LogP) is 4.42. The highest BCUT2D eigenvalue weighted by atomic mass is 35.5. The molecule has 9 heteroatoms. The first-order chi connectivity index (χ1) is 15.8. The molecule has 7 nitrogen and oxygen atoms in total. The van der Waals surface area contributed by atoms with Crippen molar-refractivity contribution in [3.63, 3.8) is 0 Å². The molecule has 2 atom stereocenters. The van der Waals surface area contributed by atoms with Crippen molar-refractivity contribution in [3.05, 3.63) is 53.1 Å². The molecule has 0 unspecified atom stereocenters. The summed E-state index contributed by atoms with van der Waals surface area (Å²) >= 11 is 5.89. The van der Waals surface area contributed by atoms with Crippen molar-refractivity contribution in [3.8, 4) is 11.5 Å². The van der Waals surface area contributed by atoms with Gasteiger partial charge in [0.2, 0.25) is 15.9 Å². The highest BCUT2D eigenvalue weighted by molar-refractivity contribution is 7.89. The standard InChI is InChI=1S/C24H31ClN2O5S/c1-4-31-22-13-8-18(15-23(22)32-5-2)17(3)26-24(28)19-7-6-14-27(16-19)33(29,30)21-11-9-20(25)10-12-21/h8-13,15,17,19H,4-7,14,16H2,1-3H3,(H,26,28)/t17-,19+/m1/s1. The molecule has 0 radical (unpaired) electrons. The molecule has 0 spiro atoms. The average molecular weight is 495 g/mol. The van der Waals surface area contributed by atoms with Crippen LogP contribution in [0.2, 0.25) is 5.02 Å². The molecule has 1 amide bonds. The summed E-state index contributed by atoms with van der Waals surface area (Å²) < 4.78 is 38.7. The number of carbonyl (C=O) groups is 1. The van der Waals surface area contributed by atoms with E-state index in [9.17, 15) is 13.2 Å². The monoisotopic (exact) mass is 494 g/mol. The number of halogens is 1. The van der Waals surface area contributed by atoms with Gasteiger partial charge in [0, 0.05) is 18.1 Å². The van der Waals surface area contributed by atoms with Crippen LogP contribution in [0.5, 0.6) is 11.5 Å². The number of nitrogens with zero attached hydrogens (tertiary/aromatic N) is 1. The number of nitrogens with one attached hydrogen (secondary N) is 1. The van der Waals surface area contributed by atoms with Gasteiger partial charge in [-0.3, -0.25) is 4.79 Å². The Balaban J connectivity index is 1.68. The molecule has 0 bridgehead atoms. The predicted molar refractivity (Wildman–Crippen MR) is 128 cm³/mol. The minimum Gasteiger partial charge on any atom is -0.490 e. The summed E-state index contributed by atoms with van der Waals surface area (Å²) in [6.45, 7) is 7.28. The van der Waals surface area contributed by atoms with Gasteiger partial charge in [0.1, 0.15) is 0 Å². The molecule has 1 fully saturated rings. The minimum absolute atomic E-state index is 0.150. The van der Waals surface area contributed by atoms with Gasteiger partial charge in [-0.2, -0.15) is 4.31 Å². The molecule has 2 aromatic carbocycles. The number of amides is 1. The Morgan fingerprint density at radius 2 is 1.79 bits per heavy atom. The Morgan fingerprint density at radius 3 is 2.45 bits per heavy atom. The van der Waals surface area contributed by atoms with Crippen molar-refractivity contribution in [1.29, 1.82) is 0 Å². The first kappa shape index (κ1) is 25.3. The van der Waals surface area contributed by atoms with Crippen molar-refractivity contribution in [2.24, 2.45) is 5.92 Å². The van der Waals surface area contributed by atoms with E-state index in [1.807, 2.05) is 39.0 Å². The van der Waals surface area contributed by atoms with Crippen LogP contribution in [0.15, 0.2) is 47.4 Å². The second kappa shape index (κ2) is 11.2. The molecule has 2 aromatic rings. The molecule has 33 heavy (non-hydrogen) atoms. The minimum atomic E-state index is -3.68. The van der Waals surface area contributed by atoms with Crippen LogP contribution in [0.3, 0.4) is 0 Å². The fourth-order valence-corrected chi connectivity index (χ4v) is 5.53. The summed E-state index contributed by atoms with van der Waals surface area (Å²) in [7, 11) is -3.68. The van der Waals surface area contributed by atoms with Crippen LogP contribution in [-0.4, -0.2) is 44.9 Å². The molecule has 0 aliphatic carbocycles. The van der Waals surface area contributed by atoms with Gasteiger partial charge >= 0.3 is 0 Å². The maximum Gasteiger partial charge on any atom is 0.243 e. The molecule has 0 aromatic heterocycles.